The van der Waals surface area contributed by atoms with Gasteiger partial charge in [0.1, 0.15) is 11.6 Å². The van der Waals surface area contributed by atoms with E-state index in [2.05, 4.69) is 36.3 Å². The predicted octanol–water partition coefficient (Wildman–Crippen LogP) is 3.87. The number of ether oxygens (including phenoxy) is 1. The van der Waals surface area contributed by atoms with Crippen LogP contribution in [-0.2, 0) is 7.05 Å². The van der Waals surface area contributed by atoms with Crippen molar-refractivity contribution in [1.29, 1.82) is 0 Å². The molecule has 1 saturated carbocycles. The number of nitrogens with zero attached hydrogens (tertiary/aromatic N) is 4. The van der Waals surface area contributed by atoms with Crippen molar-refractivity contribution in [2.24, 2.45) is 7.05 Å². The van der Waals surface area contributed by atoms with Gasteiger partial charge in [0.15, 0.2) is 11.6 Å². The molecule has 6 rings (SSSR count). The summed E-state index contributed by atoms with van der Waals surface area (Å²) in [5, 5.41) is 27.3. The lowest BCUT2D eigenvalue weighted by molar-refractivity contribution is 0.303. The number of nitrogens with one attached hydrogen (secondary N) is 4. The topological polar surface area (TPSA) is 131 Å². The van der Waals surface area contributed by atoms with Crippen LogP contribution < -0.4 is 26.0 Å². The normalized spacial score (nSPS) is 18.4. The van der Waals surface area contributed by atoms with Crippen molar-refractivity contribution in [3.8, 4) is 11.5 Å². The Labute approximate surface area is 216 Å². The zero-order valence-electron chi connectivity index (χ0n) is 21.5. The summed E-state index contributed by atoms with van der Waals surface area (Å²) in [7, 11) is 1.84. The minimum atomic E-state index is -0.284. The molecule has 5 N–H and O–H groups in total. The highest BCUT2D eigenvalue weighted by molar-refractivity contribution is 5.68. The van der Waals surface area contributed by atoms with Crippen LogP contribution in [0.1, 0.15) is 56.2 Å². The lowest BCUT2D eigenvalue weighted by Gasteiger charge is -2.17. The molecular weight excluding hydrogens is 475 g/mol. The molecule has 37 heavy (non-hydrogen) atoms. The number of hydrogen-bond donors (Lipinski definition) is 5. The van der Waals surface area contributed by atoms with Gasteiger partial charge in [-0.3, -0.25) is 4.68 Å². The zero-order valence-corrected chi connectivity index (χ0v) is 21.5. The molecule has 11 heteroatoms. The summed E-state index contributed by atoms with van der Waals surface area (Å²) < 4.78 is 22.9. The third-order valence-corrected chi connectivity index (χ3v) is 6.34. The van der Waals surface area contributed by atoms with Gasteiger partial charge in [0.2, 0.25) is 5.95 Å². The monoisotopic (exact) mass is 510 g/mol. The van der Waals surface area contributed by atoms with E-state index in [1.807, 2.05) is 27.1 Å². The summed E-state index contributed by atoms with van der Waals surface area (Å²) in [5.41, 5.74) is 2.72. The maximum atomic E-state index is 15.1. The fourth-order valence-electron chi connectivity index (χ4n) is 4.17. The largest absolute Gasteiger partial charge is 0.503 e. The Bertz CT molecular complexity index is 1230. The summed E-state index contributed by atoms with van der Waals surface area (Å²) in [6, 6.07) is 3.25. The van der Waals surface area contributed by atoms with E-state index in [1.165, 1.54) is 25.4 Å². The van der Waals surface area contributed by atoms with Crippen LogP contribution in [-0.4, -0.2) is 57.1 Å². The lowest BCUT2D eigenvalue weighted by Crippen LogP contribution is -2.10. The smallest absolute Gasteiger partial charge is 0.229 e. The Kier molecular flexibility index (Phi) is 7.43. The van der Waals surface area contributed by atoms with Gasteiger partial charge in [-0.2, -0.15) is 10.1 Å². The van der Waals surface area contributed by atoms with Gasteiger partial charge >= 0.3 is 0 Å². The number of aromatic nitrogens is 4. The van der Waals surface area contributed by atoms with Crippen LogP contribution in [0.15, 0.2) is 24.5 Å². The first-order valence-electron chi connectivity index (χ1n) is 12.9. The van der Waals surface area contributed by atoms with Crippen molar-refractivity contribution < 1.29 is 14.2 Å². The Morgan fingerprint density at radius 1 is 1.11 bits per heavy atom. The highest BCUT2D eigenvalue weighted by atomic mass is 19.1. The third kappa shape index (κ3) is 6.47. The van der Waals surface area contributed by atoms with Crippen LogP contribution in [0.25, 0.3) is 0 Å². The van der Waals surface area contributed by atoms with E-state index >= 15 is 4.39 Å². The van der Waals surface area contributed by atoms with E-state index < -0.39 is 0 Å². The maximum Gasteiger partial charge on any atom is 0.229 e. The van der Waals surface area contributed by atoms with Gasteiger partial charge in [0.25, 0.3) is 0 Å². The van der Waals surface area contributed by atoms with E-state index in [4.69, 9.17) is 4.74 Å². The number of rotatable bonds is 8. The number of benzene rings is 1. The summed E-state index contributed by atoms with van der Waals surface area (Å²) >= 11 is 0. The fraction of sp³-hybridized carbons (Fsp3) is 0.500. The molecule has 3 aliphatic rings. The van der Waals surface area contributed by atoms with Gasteiger partial charge in [0, 0.05) is 44.9 Å². The molecule has 10 nitrogen and oxygen atoms in total. The van der Waals surface area contributed by atoms with Gasteiger partial charge in [0.05, 0.1) is 29.4 Å². The van der Waals surface area contributed by atoms with Crippen molar-refractivity contribution in [3.63, 3.8) is 0 Å². The van der Waals surface area contributed by atoms with Crippen molar-refractivity contribution in [3.05, 3.63) is 41.6 Å². The molecule has 198 valence electrons. The molecule has 1 aromatic carbocycles. The molecule has 2 saturated heterocycles. The van der Waals surface area contributed by atoms with Crippen LogP contribution >= 0.6 is 0 Å². The molecule has 0 bridgehead atoms. The average Bonchev–Trinajstić information content (AvgIpc) is 3.80. The van der Waals surface area contributed by atoms with Crippen molar-refractivity contribution in [2.45, 2.75) is 51.0 Å². The Balaban J connectivity index is 0.000000872. The van der Waals surface area contributed by atoms with Gasteiger partial charge in [-0.1, -0.05) is 13.8 Å². The first-order valence-corrected chi connectivity index (χ1v) is 12.9. The molecule has 2 aromatic heterocycles. The minimum Gasteiger partial charge on any atom is -0.503 e. The number of hydrogen-bond acceptors (Lipinski definition) is 9. The lowest BCUT2D eigenvalue weighted by atomic mass is 9.97. The van der Waals surface area contributed by atoms with E-state index in [0.29, 0.717) is 17.0 Å². The molecule has 1 atom stereocenters. The second kappa shape index (κ2) is 10.9. The van der Waals surface area contributed by atoms with Crippen LogP contribution in [0.5, 0.6) is 11.5 Å². The van der Waals surface area contributed by atoms with Gasteiger partial charge < -0.3 is 31.1 Å². The van der Waals surface area contributed by atoms with E-state index in [-0.39, 0.29) is 41.3 Å². The number of aromatic hydroxyl groups is 1. The SMILES string of the molecule is C1CN1.CC(C)c1nn(C)cc1Nc1nc(Nc2cc(F)c(C3CCNC3)cc2OC2CC2)ncc1O. The average molecular weight is 511 g/mol. The number of anilines is 4. The van der Waals surface area contributed by atoms with Crippen LogP contribution in [0, 0.1) is 5.82 Å². The predicted molar refractivity (Wildman–Crippen MR) is 141 cm³/mol. The highest BCUT2D eigenvalue weighted by Gasteiger charge is 2.28. The van der Waals surface area contributed by atoms with Crippen molar-refractivity contribution >= 4 is 23.1 Å². The summed E-state index contributed by atoms with van der Waals surface area (Å²) in [4.78, 5) is 8.61. The van der Waals surface area contributed by atoms with Gasteiger partial charge in [-0.15, -0.1) is 0 Å². The summed E-state index contributed by atoms with van der Waals surface area (Å²) in [5.74, 6) is 0.959. The summed E-state index contributed by atoms with van der Waals surface area (Å²) in [6.45, 7) is 8.23. The number of aryl methyl sites for hydroxylation is 1. The molecule has 2 aliphatic heterocycles. The van der Waals surface area contributed by atoms with Crippen LogP contribution in [0.3, 0.4) is 0 Å². The molecule has 1 aliphatic carbocycles. The molecule has 3 fully saturated rings. The molecule has 3 aromatic rings. The van der Waals surface area contributed by atoms with Crippen molar-refractivity contribution in [1.82, 2.24) is 30.4 Å². The van der Waals surface area contributed by atoms with E-state index in [0.717, 1.165) is 43.7 Å². The standard InChI is InChI=1S/C24H30FN7O2.C2H5N/c1-13(2)22-19(12-32(3)31-22)28-23-20(33)11-27-24(30-23)29-18-9-17(25)16(14-6-7-26-10-14)8-21(18)34-15-4-5-15;1-2-3-1/h8-9,11-15,26,33H,4-7,10H2,1-3H3,(H2,27,28,29,30);3H,1-2H2. The molecule has 1 unspecified atom stereocenters. The second-order valence-corrected chi connectivity index (χ2v) is 10.1. The Morgan fingerprint density at radius 2 is 1.89 bits per heavy atom. The second-order valence-electron chi connectivity index (χ2n) is 10.1. The van der Waals surface area contributed by atoms with Crippen molar-refractivity contribution in [2.75, 3.05) is 36.8 Å². The van der Waals surface area contributed by atoms with E-state index in [1.54, 1.807) is 10.7 Å². The highest BCUT2D eigenvalue weighted by Crippen LogP contribution is 2.38. The quantitative estimate of drug-likeness (QED) is 0.287. The van der Waals surface area contributed by atoms with Gasteiger partial charge in [-0.25, -0.2) is 9.37 Å². The fourth-order valence-corrected chi connectivity index (χ4v) is 4.17. The zero-order chi connectivity index (χ0) is 25.9. The first-order chi connectivity index (χ1) is 17.9. The molecule has 0 amide bonds. The molecule has 0 radical (unpaired) electrons. The Morgan fingerprint density at radius 3 is 2.54 bits per heavy atom. The van der Waals surface area contributed by atoms with Crippen LogP contribution in [0.2, 0.25) is 0 Å². The number of halogens is 1. The maximum absolute atomic E-state index is 15.1. The van der Waals surface area contributed by atoms with E-state index in [9.17, 15) is 5.11 Å². The first kappa shape index (κ1) is 25.2. The third-order valence-electron chi connectivity index (χ3n) is 6.34. The minimum absolute atomic E-state index is 0.103. The van der Waals surface area contributed by atoms with Crippen LogP contribution in [0.4, 0.5) is 27.5 Å². The summed E-state index contributed by atoms with van der Waals surface area (Å²) in [6.07, 6.45) is 6.17. The molecular formula is C26H35FN8O2. The van der Waals surface area contributed by atoms with Gasteiger partial charge in [-0.05, 0) is 43.4 Å². The molecule has 4 heterocycles. The Hall–Kier alpha value is -3.44. The molecule has 0 spiro atoms.